The predicted octanol–water partition coefficient (Wildman–Crippen LogP) is 3.29. The van der Waals surface area contributed by atoms with Crippen LogP contribution < -0.4 is 4.74 Å². The highest BCUT2D eigenvalue weighted by molar-refractivity contribution is 7.90. The lowest BCUT2D eigenvalue weighted by Crippen LogP contribution is -2.16. The molecule has 26 heavy (non-hydrogen) atoms. The van der Waals surface area contributed by atoms with Gasteiger partial charge in [-0.2, -0.15) is 0 Å². The van der Waals surface area contributed by atoms with Crippen LogP contribution in [0.3, 0.4) is 0 Å². The number of nitrogens with zero attached hydrogens (tertiary/aromatic N) is 1. The van der Waals surface area contributed by atoms with Crippen molar-refractivity contribution < 1.29 is 23.1 Å². The molecule has 1 aromatic heterocycles. The fraction of sp³-hybridized carbons (Fsp3) is 0.211. The van der Waals surface area contributed by atoms with Crippen LogP contribution in [-0.4, -0.2) is 30.6 Å². The molecule has 0 radical (unpaired) electrons. The summed E-state index contributed by atoms with van der Waals surface area (Å²) in [6, 6.07) is 15.2. The highest BCUT2D eigenvalue weighted by atomic mass is 32.2. The summed E-state index contributed by atoms with van der Waals surface area (Å²) in [6.45, 7) is 0. The first-order valence-electron chi connectivity index (χ1n) is 8.14. The van der Waals surface area contributed by atoms with E-state index in [1.165, 1.54) is 3.97 Å². The van der Waals surface area contributed by atoms with Gasteiger partial charge in [0.2, 0.25) is 0 Å². The summed E-state index contributed by atoms with van der Waals surface area (Å²) in [4.78, 5) is 11.0. The highest BCUT2D eigenvalue weighted by Gasteiger charge is 2.23. The summed E-state index contributed by atoms with van der Waals surface area (Å²) >= 11 is 0. The number of ether oxygens (including phenoxy) is 1. The molecule has 0 aliphatic carbocycles. The number of hydrogen-bond donors (Lipinski definition) is 1. The Hall–Kier alpha value is -2.80. The minimum absolute atomic E-state index is 0.0176. The molecular weight excluding hydrogens is 354 g/mol. The van der Waals surface area contributed by atoms with Gasteiger partial charge in [0, 0.05) is 17.5 Å². The second kappa shape index (κ2) is 7.21. The van der Waals surface area contributed by atoms with E-state index in [4.69, 9.17) is 9.84 Å². The number of benzene rings is 2. The van der Waals surface area contributed by atoms with Gasteiger partial charge in [0.1, 0.15) is 5.75 Å². The quantitative estimate of drug-likeness (QED) is 0.687. The van der Waals surface area contributed by atoms with Crippen LogP contribution >= 0.6 is 0 Å². The van der Waals surface area contributed by atoms with Crippen molar-refractivity contribution in [3.05, 3.63) is 60.3 Å². The minimum Gasteiger partial charge on any atom is -0.497 e. The van der Waals surface area contributed by atoms with Crippen LogP contribution in [0.1, 0.15) is 18.5 Å². The van der Waals surface area contributed by atoms with E-state index in [0.717, 1.165) is 5.39 Å². The van der Waals surface area contributed by atoms with Gasteiger partial charge >= 0.3 is 5.97 Å². The maximum atomic E-state index is 13.2. The van der Waals surface area contributed by atoms with Gasteiger partial charge < -0.3 is 9.84 Å². The Balaban J connectivity index is 2.15. The van der Waals surface area contributed by atoms with E-state index in [2.05, 4.69) is 0 Å². The molecule has 3 aromatic rings. The zero-order chi connectivity index (χ0) is 18.7. The molecule has 0 aliphatic rings. The van der Waals surface area contributed by atoms with Crippen molar-refractivity contribution in [2.45, 2.75) is 24.2 Å². The summed E-state index contributed by atoms with van der Waals surface area (Å²) in [6.07, 6.45) is 0.679. The molecular formula is C19H19NO5S. The first-order valence-corrected chi connectivity index (χ1v) is 9.58. The van der Waals surface area contributed by atoms with Gasteiger partial charge in [-0.25, -0.2) is 12.4 Å². The predicted molar refractivity (Wildman–Crippen MR) is 98.1 cm³/mol. The van der Waals surface area contributed by atoms with Gasteiger partial charge in [-0.15, -0.1) is 0 Å². The summed E-state index contributed by atoms with van der Waals surface area (Å²) < 4.78 is 32.9. The lowest BCUT2D eigenvalue weighted by molar-refractivity contribution is -0.137. The molecule has 0 saturated carbocycles. The first-order chi connectivity index (χ1) is 12.4. The molecule has 7 heteroatoms. The third-order valence-electron chi connectivity index (χ3n) is 4.14. The second-order valence-corrected chi connectivity index (χ2v) is 7.68. The maximum absolute atomic E-state index is 13.2. The summed E-state index contributed by atoms with van der Waals surface area (Å²) in [5, 5.41) is 9.60. The molecule has 0 spiro atoms. The van der Waals surface area contributed by atoms with Crippen LogP contribution in [0.4, 0.5) is 0 Å². The number of methoxy groups -OCH3 is 1. The highest BCUT2D eigenvalue weighted by Crippen LogP contribution is 2.29. The number of fused-ring (bicyclic) bond motifs is 1. The maximum Gasteiger partial charge on any atom is 0.303 e. The van der Waals surface area contributed by atoms with Crippen LogP contribution in [0.15, 0.2) is 59.5 Å². The lowest BCUT2D eigenvalue weighted by Gasteiger charge is -2.12. The second-order valence-electron chi connectivity index (χ2n) is 5.89. The van der Waals surface area contributed by atoms with E-state index in [-0.39, 0.29) is 11.3 Å². The number of aromatic nitrogens is 1. The topological polar surface area (TPSA) is 85.6 Å². The zero-order valence-corrected chi connectivity index (χ0v) is 15.1. The molecule has 3 rings (SSSR count). The molecule has 0 unspecified atom stereocenters. The molecule has 0 atom stereocenters. The molecule has 1 N–H and O–H groups in total. The van der Waals surface area contributed by atoms with Crippen molar-refractivity contribution >= 4 is 26.9 Å². The molecule has 6 nitrogen and oxygen atoms in total. The number of carboxylic acid groups (broad SMARTS) is 1. The zero-order valence-electron chi connectivity index (χ0n) is 14.3. The number of hydrogen-bond acceptors (Lipinski definition) is 4. The van der Waals surface area contributed by atoms with Crippen molar-refractivity contribution in [3.8, 4) is 5.75 Å². The van der Waals surface area contributed by atoms with Gasteiger partial charge in [0.25, 0.3) is 10.0 Å². The van der Waals surface area contributed by atoms with E-state index >= 15 is 0 Å². The minimum atomic E-state index is -3.79. The van der Waals surface area contributed by atoms with Crippen molar-refractivity contribution in [1.82, 2.24) is 3.97 Å². The van der Waals surface area contributed by atoms with Crippen molar-refractivity contribution in [3.63, 3.8) is 0 Å². The number of carboxylic acids is 1. The van der Waals surface area contributed by atoms with Crippen molar-refractivity contribution in [2.24, 2.45) is 0 Å². The van der Waals surface area contributed by atoms with E-state index in [1.807, 2.05) is 0 Å². The average molecular weight is 373 g/mol. The van der Waals surface area contributed by atoms with Crippen LogP contribution in [0, 0.1) is 0 Å². The Kier molecular flexibility index (Phi) is 4.99. The van der Waals surface area contributed by atoms with Crippen LogP contribution in [0.2, 0.25) is 0 Å². The van der Waals surface area contributed by atoms with Gasteiger partial charge in [-0.3, -0.25) is 4.79 Å². The average Bonchev–Trinajstić information content (AvgIpc) is 3.00. The molecule has 0 bridgehead atoms. The van der Waals surface area contributed by atoms with Crippen molar-refractivity contribution in [2.75, 3.05) is 7.11 Å². The Morgan fingerprint density at radius 2 is 1.85 bits per heavy atom. The monoisotopic (exact) mass is 373 g/mol. The van der Waals surface area contributed by atoms with Crippen LogP contribution in [0.25, 0.3) is 10.9 Å². The van der Waals surface area contributed by atoms with Gasteiger partial charge in [0.05, 0.1) is 17.5 Å². The fourth-order valence-electron chi connectivity index (χ4n) is 2.93. The molecule has 1 heterocycles. The van der Waals surface area contributed by atoms with Gasteiger partial charge in [-0.05, 0) is 49.2 Å². The van der Waals surface area contributed by atoms with E-state index in [0.29, 0.717) is 29.8 Å². The smallest absolute Gasteiger partial charge is 0.303 e. The summed E-state index contributed by atoms with van der Waals surface area (Å²) in [5.41, 5.74) is 1.10. The molecule has 2 aromatic carbocycles. The SMILES string of the molecule is COc1ccc2c(c1)cc(CCCC(=O)O)n2S(=O)(=O)c1ccccc1. The molecule has 0 amide bonds. The molecule has 136 valence electrons. The van der Waals surface area contributed by atoms with E-state index in [9.17, 15) is 13.2 Å². The van der Waals surface area contributed by atoms with E-state index < -0.39 is 16.0 Å². The molecule has 0 fully saturated rings. The third-order valence-corrected chi connectivity index (χ3v) is 5.92. The Labute approximate surface area is 151 Å². The van der Waals surface area contributed by atoms with Crippen LogP contribution in [0.5, 0.6) is 5.75 Å². The van der Waals surface area contributed by atoms with Crippen molar-refractivity contribution in [1.29, 1.82) is 0 Å². The number of aliphatic carboxylic acids is 1. The third kappa shape index (κ3) is 3.43. The first kappa shape index (κ1) is 18.0. The largest absolute Gasteiger partial charge is 0.497 e. The van der Waals surface area contributed by atoms with Gasteiger partial charge in [0.15, 0.2) is 0 Å². The van der Waals surface area contributed by atoms with Gasteiger partial charge in [-0.1, -0.05) is 18.2 Å². The standard InChI is InChI=1S/C19H19NO5S/c1-25-16-10-11-18-14(13-16)12-15(6-5-9-19(21)22)20(18)26(23,24)17-7-3-2-4-8-17/h2-4,7-8,10-13H,5-6,9H2,1H3,(H,21,22). The Bertz CT molecular complexity index is 1040. The Morgan fingerprint density at radius 3 is 2.50 bits per heavy atom. The molecule has 0 saturated heterocycles. The number of carbonyl (C=O) groups is 1. The number of aryl methyl sites for hydroxylation is 1. The lowest BCUT2D eigenvalue weighted by atomic mass is 10.2. The summed E-state index contributed by atoms with van der Waals surface area (Å²) in [7, 11) is -2.25. The normalized spacial score (nSPS) is 11.6. The fourth-order valence-corrected chi connectivity index (χ4v) is 4.52. The number of rotatable bonds is 7. The molecule has 0 aliphatic heterocycles. The van der Waals surface area contributed by atoms with E-state index in [1.54, 1.807) is 61.7 Å². The summed E-state index contributed by atoms with van der Waals surface area (Å²) in [5.74, 6) is -0.274. The Morgan fingerprint density at radius 1 is 1.12 bits per heavy atom. The van der Waals surface area contributed by atoms with Crippen LogP contribution in [-0.2, 0) is 21.2 Å².